The molecule has 0 bridgehead atoms. The van der Waals surface area contributed by atoms with Crippen molar-refractivity contribution in [2.24, 2.45) is 0 Å². The zero-order chi connectivity index (χ0) is 27.3. The molecule has 0 saturated heterocycles. The van der Waals surface area contributed by atoms with Crippen LogP contribution in [-0.2, 0) is 0 Å². The number of hydrogen-bond acceptors (Lipinski definition) is 0. The molecule has 8 aromatic rings. The van der Waals surface area contributed by atoms with Crippen LogP contribution in [0.2, 0.25) is 0 Å². The predicted octanol–water partition coefficient (Wildman–Crippen LogP) is 11.6. The predicted molar refractivity (Wildman–Crippen MR) is 178 cm³/mol. The molecule has 0 atom stereocenters. The van der Waals surface area contributed by atoms with Crippen molar-refractivity contribution in [1.82, 2.24) is 0 Å². The first-order chi connectivity index (χ1) is 20.2. The maximum atomic E-state index is 2.34. The molecule has 0 aliphatic heterocycles. The van der Waals surface area contributed by atoms with Crippen molar-refractivity contribution in [3.05, 3.63) is 157 Å². The van der Waals surface area contributed by atoms with Crippen molar-refractivity contribution >= 4 is 43.1 Å². The molecule has 0 heterocycles. The largest absolute Gasteiger partial charge is 0.0622 e. The van der Waals surface area contributed by atoms with Crippen molar-refractivity contribution < 1.29 is 0 Å². The Kier molecular flexibility index (Phi) is 5.47. The molecule has 0 aromatic heterocycles. The molecule has 8 aromatic carbocycles. The molecule has 0 amide bonds. The van der Waals surface area contributed by atoms with Gasteiger partial charge in [-0.3, -0.25) is 0 Å². The van der Waals surface area contributed by atoms with E-state index in [1.807, 2.05) is 0 Å². The highest BCUT2D eigenvalue weighted by Gasteiger charge is 2.09. The van der Waals surface area contributed by atoms with Gasteiger partial charge in [-0.1, -0.05) is 121 Å². The van der Waals surface area contributed by atoms with Crippen LogP contribution < -0.4 is 0 Å². The van der Waals surface area contributed by atoms with Gasteiger partial charge in [-0.25, -0.2) is 0 Å². The second kappa shape index (κ2) is 9.47. The summed E-state index contributed by atoms with van der Waals surface area (Å²) in [7, 11) is 0. The molecule has 41 heavy (non-hydrogen) atoms. The van der Waals surface area contributed by atoms with Crippen molar-refractivity contribution in [2.45, 2.75) is 6.92 Å². The maximum absolute atomic E-state index is 2.34. The molecule has 0 unspecified atom stereocenters. The van der Waals surface area contributed by atoms with E-state index in [4.69, 9.17) is 0 Å². The lowest BCUT2D eigenvalue weighted by molar-refractivity contribution is 1.52. The zero-order valence-electron chi connectivity index (χ0n) is 22.9. The van der Waals surface area contributed by atoms with Gasteiger partial charge in [-0.05, 0) is 119 Å². The third-order valence-electron chi connectivity index (χ3n) is 8.52. The third-order valence-corrected chi connectivity index (χ3v) is 8.52. The molecule has 0 aliphatic rings. The van der Waals surface area contributed by atoms with Gasteiger partial charge in [0.25, 0.3) is 0 Å². The van der Waals surface area contributed by atoms with Crippen molar-refractivity contribution in [3.8, 4) is 33.4 Å². The quantitative estimate of drug-likeness (QED) is 0.203. The Hall–Kier alpha value is -5.20. The van der Waals surface area contributed by atoms with Crippen LogP contribution in [0.4, 0.5) is 0 Å². The standard InChI is InChI=1S/C41H28/c1-27-21-38(25-37-14-13-34(26-41(27)37)32-12-11-29-9-5-6-10-30(29)22-32)33-18-20-40-36(24-33)16-15-35-23-31(17-19-39(35)40)28-7-3-2-4-8-28/h2-26H,1H3. The molecule has 8 rings (SSSR count). The summed E-state index contributed by atoms with van der Waals surface area (Å²) in [4.78, 5) is 0. The van der Waals surface area contributed by atoms with Gasteiger partial charge in [0.15, 0.2) is 0 Å². The minimum absolute atomic E-state index is 1.25. The van der Waals surface area contributed by atoms with E-state index in [-0.39, 0.29) is 0 Å². The van der Waals surface area contributed by atoms with E-state index in [1.165, 1.54) is 82.0 Å². The molecule has 0 radical (unpaired) electrons. The average Bonchev–Trinajstić information content (AvgIpc) is 3.04. The van der Waals surface area contributed by atoms with Crippen LogP contribution in [0.25, 0.3) is 76.5 Å². The highest BCUT2D eigenvalue weighted by molar-refractivity contribution is 6.09. The number of fused-ring (bicyclic) bond motifs is 5. The number of benzene rings is 8. The Labute approximate surface area is 240 Å². The van der Waals surface area contributed by atoms with Gasteiger partial charge < -0.3 is 0 Å². The van der Waals surface area contributed by atoms with Gasteiger partial charge in [0.2, 0.25) is 0 Å². The van der Waals surface area contributed by atoms with E-state index in [0.29, 0.717) is 0 Å². The fourth-order valence-corrected chi connectivity index (χ4v) is 6.32. The average molecular weight is 521 g/mol. The van der Waals surface area contributed by atoms with E-state index >= 15 is 0 Å². The Morgan fingerprint density at radius 3 is 1.46 bits per heavy atom. The van der Waals surface area contributed by atoms with Crippen molar-refractivity contribution in [1.29, 1.82) is 0 Å². The lowest BCUT2D eigenvalue weighted by atomic mass is 9.92. The van der Waals surface area contributed by atoms with Gasteiger partial charge in [0, 0.05) is 0 Å². The Bertz CT molecular complexity index is 2250. The van der Waals surface area contributed by atoms with Gasteiger partial charge in [-0.2, -0.15) is 0 Å². The first kappa shape index (κ1) is 23.7. The van der Waals surface area contributed by atoms with Crippen LogP contribution in [0.15, 0.2) is 152 Å². The van der Waals surface area contributed by atoms with Crippen molar-refractivity contribution in [3.63, 3.8) is 0 Å². The van der Waals surface area contributed by atoms with Crippen LogP contribution in [0.1, 0.15) is 5.56 Å². The van der Waals surface area contributed by atoms with Crippen LogP contribution in [-0.4, -0.2) is 0 Å². The van der Waals surface area contributed by atoms with E-state index in [2.05, 4.69) is 159 Å². The SMILES string of the molecule is Cc1cc(-c2ccc3c(ccc4cc(-c5ccccc5)ccc43)c2)cc2ccc(-c3ccc4ccccc4c3)cc12. The second-order valence-electron chi connectivity index (χ2n) is 11.1. The molecule has 192 valence electrons. The van der Waals surface area contributed by atoms with Crippen LogP contribution in [0, 0.1) is 6.92 Å². The highest BCUT2D eigenvalue weighted by atomic mass is 14.1. The summed E-state index contributed by atoms with van der Waals surface area (Å²) >= 11 is 0. The number of rotatable bonds is 3. The monoisotopic (exact) mass is 520 g/mol. The molecule has 0 spiro atoms. The Balaban J connectivity index is 1.17. The first-order valence-corrected chi connectivity index (χ1v) is 14.3. The highest BCUT2D eigenvalue weighted by Crippen LogP contribution is 2.35. The number of aryl methyl sites for hydroxylation is 1. The maximum Gasteiger partial charge on any atom is -0.0105 e. The van der Waals surface area contributed by atoms with E-state index in [9.17, 15) is 0 Å². The van der Waals surface area contributed by atoms with Crippen LogP contribution in [0.5, 0.6) is 0 Å². The smallest absolute Gasteiger partial charge is 0.0105 e. The van der Waals surface area contributed by atoms with Gasteiger partial charge >= 0.3 is 0 Å². The first-order valence-electron chi connectivity index (χ1n) is 14.3. The van der Waals surface area contributed by atoms with Crippen LogP contribution in [0.3, 0.4) is 0 Å². The second-order valence-corrected chi connectivity index (χ2v) is 11.1. The molecule has 0 aliphatic carbocycles. The zero-order valence-corrected chi connectivity index (χ0v) is 22.9. The summed E-state index contributed by atoms with van der Waals surface area (Å²) in [6.07, 6.45) is 0. The summed E-state index contributed by atoms with van der Waals surface area (Å²) < 4.78 is 0. The lowest BCUT2D eigenvalue weighted by Crippen LogP contribution is -1.87. The summed E-state index contributed by atoms with van der Waals surface area (Å²) in [6.45, 7) is 2.23. The molecule has 0 nitrogen and oxygen atoms in total. The minimum Gasteiger partial charge on any atom is -0.0622 e. The minimum atomic E-state index is 1.25. The molecule has 0 fully saturated rings. The summed E-state index contributed by atoms with van der Waals surface area (Å²) in [5, 5.41) is 10.3. The molecule has 0 saturated carbocycles. The van der Waals surface area contributed by atoms with Gasteiger partial charge in [0.1, 0.15) is 0 Å². The Morgan fingerprint density at radius 1 is 0.268 bits per heavy atom. The van der Waals surface area contributed by atoms with E-state index < -0.39 is 0 Å². The summed E-state index contributed by atoms with van der Waals surface area (Å²) in [5.41, 5.74) is 8.83. The van der Waals surface area contributed by atoms with Crippen LogP contribution >= 0.6 is 0 Å². The molecular weight excluding hydrogens is 492 g/mol. The van der Waals surface area contributed by atoms with Gasteiger partial charge in [0.05, 0.1) is 0 Å². The molecular formula is C41H28. The summed E-state index contributed by atoms with van der Waals surface area (Å²) in [5.74, 6) is 0. The summed E-state index contributed by atoms with van der Waals surface area (Å²) in [6, 6.07) is 55.7. The molecule has 0 heteroatoms. The lowest BCUT2D eigenvalue weighted by Gasteiger charge is -2.12. The van der Waals surface area contributed by atoms with Gasteiger partial charge in [-0.15, -0.1) is 0 Å². The van der Waals surface area contributed by atoms with Crippen molar-refractivity contribution in [2.75, 3.05) is 0 Å². The van der Waals surface area contributed by atoms with E-state index in [1.54, 1.807) is 0 Å². The number of hydrogen-bond donors (Lipinski definition) is 0. The fraction of sp³-hybridized carbons (Fsp3) is 0.0244. The molecule has 0 N–H and O–H groups in total. The fourth-order valence-electron chi connectivity index (χ4n) is 6.32. The third kappa shape index (κ3) is 4.17. The Morgan fingerprint density at radius 2 is 0.732 bits per heavy atom. The topological polar surface area (TPSA) is 0 Å². The normalized spacial score (nSPS) is 11.5. The van der Waals surface area contributed by atoms with E-state index in [0.717, 1.165) is 0 Å².